The van der Waals surface area contributed by atoms with Gasteiger partial charge in [0, 0.05) is 41.3 Å². The molecule has 0 spiro atoms. The molecule has 4 heterocycles. The van der Waals surface area contributed by atoms with Crippen molar-refractivity contribution >= 4 is 30.7 Å². The molecular weight excluding hydrogens is 607 g/mol. The van der Waals surface area contributed by atoms with Gasteiger partial charge < -0.3 is 34.1 Å². The van der Waals surface area contributed by atoms with Crippen LogP contribution in [0.1, 0.15) is 51.9 Å². The van der Waals surface area contributed by atoms with Crippen molar-refractivity contribution in [3.05, 3.63) is 91.4 Å². The summed E-state index contributed by atoms with van der Waals surface area (Å²) >= 11 is 1.82. The SMILES string of the molecule is Cn1cc(-c2cccc(C3NCCc4c3sc3c4CC(C)(C)C3)c2COP(=O)([O-])[O-])cc(Nc2ccncn2)c1=O.[Na+].[Na+]. The summed E-state index contributed by atoms with van der Waals surface area (Å²) in [6.45, 7) is 4.96. The Morgan fingerprint density at radius 2 is 2.00 bits per heavy atom. The van der Waals surface area contributed by atoms with Gasteiger partial charge >= 0.3 is 59.1 Å². The summed E-state index contributed by atoms with van der Waals surface area (Å²) in [7, 11) is -3.61. The first kappa shape index (κ1) is 34.7. The fraction of sp³-hybridized carbons (Fsp3) is 0.345. The molecule has 4 aromatic rings. The largest absolute Gasteiger partial charge is 1.00 e. The molecule has 1 unspecified atom stereocenters. The van der Waals surface area contributed by atoms with Gasteiger partial charge in [-0.25, -0.2) is 9.97 Å². The van der Waals surface area contributed by atoms with Gasteiger partial charge in [0.1, 0.15) is 17.8 Å². The third kappa shape index (κ3) is 7.46. The van der Waals surface area contributed by atoms with Crippen molar-refractivity contribution in [2.24, 2.45) is 12.5 Å². The van der Waals surface area contributed by atoms with Crippen LogP contribution in [0, 0.1) is 5.41 Å². The number of aromatic nitrogens is 3. The van der Waals surface area contributed by atoms with Gasteiger partial charge in [-0.2, -0.15) is 0 Å². The number of anilines is 2. The van der Waals surface area contributed by atoms with Gasteiger partial charge in [-0.1, -0.05) is 32.0 Å². The number of nitrogens with zero attached hydrogens (tertiary/aromatic N) is 3. The summed E-state index contributed by atoms with van der Waals surface area (Å²) in [5.74, 6) is 0.457. The third-order valence-electron chi connectivity index (χ3n) is 7.74. The van der Waals surface area contributed by atoms with E-state index in [1.54, 1.807) is 31.6 Å². The number of benzene rings is 1. The van der Waals surface area contributed by atoms with E-state index in [1.807, 2.05) is 29.5 Å². The third-order valence-corrected chi connectivity index (χ3v) is 9.53. The number of phosphoric ester groups is 1. The molecule has 0 radical (unpaired) electrons. The Kier molecular flexibility index (Phi) is 11.0. The Morgan fingerprint density at radius 3 is 2.72 bits per heavy atom. The van der Waals surface area contributed by atoms with E-state index >= 15 is 0 Å². The molecule has 214 valence electrons. The number of fused-ring (bicyclic) bond motifs is 3. The predicted molar refractivity (Wildman–Crippen MR) is 154 cm³/mol. The predicted octanol–water partition coefficient (Wildman–Crippen LogP) is -2.64. The maximum absolute atomic E-state index is 13.0. The molecule has 1 aliphatic carbocycles. The zero-order chi connectivity index (χ0) is 28.9. The first-order valence-corrected chi connectivity index (χ1v) is 15.7. The van der Waals surface area contributed by atoms with Crippen LogP contribution >= 0.6 is 19.2 Å². The second kappa shape index (κ2) is 13.7. The van der Waals surface area contributed by atoms with Crippen molar-refractivity contribution in [1.29, 1.82) is 0 Å². The minimum atomic E-state index is -5.25. The van der Waals surface area contributed by atoms with E-state index in [2.05, 4.69) is 34.4 Å². The summed E-state index contributed by atoms with van der Waals surface area (Å²) in [5, 5.41) is 6.68. The number of rotatable bonds is 7. The molecule has 3 aromatic heterocycles. The monoisotopic (exact) mass is 637 g/mol. The zero-order valence-electron chi connectivity index (χ0n) is 25.0. The molecule has 0 fully saturated rings. The Morgan fingerprint density at radius 1 is 1.21 bits per heavy atom. The standard InChI is InChI=1S/C29H32N5O5PS.2Na/c1-29(2)12-21-20-7-10-31-26(27(20)41-24(21)13-29)19-6-4-5-18(22(19)15-39-40(36,37)38)17-11-23(28(35)34(3)14-17)33-25-8-9-30-16-32-25;;/h4-6,8-9,11,14,16,26,31H,7,10,12-13,15H2,1-3H3,(H,30,32,33)(H2,36,37,38);;/q;2*+1/p-2. The molecule has 14 heteroatoms. The number of hydrogen-bond donors (Lipinski definition) is 2. The number of thiophene rings is 1. The Hall–Kier alpha value is -1.18. The van der Waals surface area contributed by atoms with Crippen molar-refractivity contribution in [3.63, 3.8) is 0 Å². The number of aryl methyl sites for hydroxylation is 1. The molecule has 0 bridgehead atoms. The zero-order valence-corrected chi connectivity index (χ0v) is 30.7. The summed E-state index contributed by atoms with van der Waals surface area (Å²) in [5.41, 5.74) is 5.85. The average Bonchev–Trinajstić information content (AvgIpc) is 3.41. The molecule has 1 aromatic carbocycles. The Balaban J connectivity index is 0.00000212. The van der Waals surface area contributed by atoms with Crippen molar-refractivity contribution in [3.8, 4) is 11.1 Å². The smallest absolute Gasteiger partial charge is 0.790 e. The summed E-state index contributed by atoms with van der Waals surface area (Å²) in [6, 6.07) is 8.87. The second-order valence-corrected chi connectivity index (χ2v) is 13.7. The van der Waals surface area contributed by atoms with Crippen LogP contribution in [-0.2, 0) is 42.0 Å². The summed E-state index contributed by atoms with van der Waals surface area (Å²) in [4.78, 5) is 46.9. The molecule has 0 saturated heterocycles. The molecule has 0 amide bonds. The average molecular weight is 638 g/mol. The van der Waals surface area contributed by atoms with Crippen molar-refractivity contribution < 1.29 is 78.0 Å². The number of phosphoric acid groups is 1. The van der Waals surface area contributed by atoms with E-state index in [0.717, 1.165) is 31.4 Å². The molecule has 2 N–H and O–H groups in total. The molecule has 6 rings (SSSR count). The number of pyridine rings is 1. The fourth-order valence-corrected chi connectivity index (χ4v) is 8.00. The molecule has 2 aliphatic rings. The number of nitrogens with one attached hydrogen (secondary N) is 2. The van der Waals surface area contributed by atoms with E-state index in [1.165, 1.54) is 31.8 Å². The van der Waals surface area contributed by atoms with E-state index in [9.17, 15) is 19.1 Å². The van der Waals surface area contributed by atoms with Gasteiger partial charge in [0.2, 0.25) is 0 Å². The van der Waals surface area contributed by atoms with Gasteiger partial charge in [-0.15, -0.1) is 11.3 Å². The van der Waals surface area contributed by atoms with Crippen molar-refractivity contribution in [1.82, 2.24) is 19.9 Å². The molecule has 10 nitrogen and oxygen atoms in total. The minimum Gasteiger partial charge on any atom is -0.790 e. The van der Waals surface area contributed by atoms with Gasteiger partial charge in [0.15, 0.2) is 0 Å². The van der Waals surface area contributed by atoms with Gasteiger partial charge in [-0.3, -0.25) is 4.79 Å². The van der Waals surface area contributed by atoms with Crippen LogP contribution in [0.4, 0.5) is 11.5 Å². The summed E-state index contributed by atoms with van der Waals surface area (Å²) < 4.78 is 18.0. The van der Waals surface area contributed by atoms with Crippen LogP contribution in [0.5, 0.6) is 0 Å². The van der Waals surface area contributed by atoms with Gasteiger partial charge in [-0.05, 0) is 64.6 Å². The van der Waals surface area contributed by atoms with E-state index < -0.39 is 14.4 Å². The normalized spacial score (nSPS) is 16.9. The maximum Gasteiger partial charge on any atom is 1.00 e. The van der Waals surface area contributed by atoms with Gasteiger partial charge in [0.05, 0.1) is 20.5 Å². The maximum atomic E-state index is 13.0. The first-order chi connectivity index (χ1) is 19.5. The van der Waals surface area contributed by atoms with E-state index in [-0.39, 0.29) is 81.8 Å². The summed E-state index contributed by atoms with van der Waals surface area (Å²) in [6.07, 6.45) is 7.66. The molecule has 1 aliphatic heterocycles. The molecule has 43 heavy (non-hydrogen) atoms. The molecular formula is C29H30N5Na2O5PS. The van der Waals surface area contributed by atoms with E-state index in [0.29, 0.717) is 22.5 Å². The quantitative estimate of drug-likeness (QED) is 0.164. The molecule has 1 atom stereocenters. The van der Waals surface area contributed by atoms with Crippen LogP contribution in [0.15, 0.2) is 53.8 Å². The second-order valence-electron chi connectivity index (χ2n) is 11.4. The van der Waals surface area contributed by atoms with Crippen LogP contribution in [-0.4, -0.2) is 21.1 Å². The fourth-order valence-electron chi connectivity index (χ4n) is 5.99. The Labute approximate surface area is 298 Å². The minimum absolute atomic E-state index is 0. The molecule has 0 saturated carbocycles. The van der Waals surface area contributed by atoms with Crippen LogP contribution < -0.4 is 85.1 Å². The van der Waals surface area contributed by atoms with Crippen LogP contribution in [0.2, 0.25) is 0 Å². The number of hydrogen-bond acceptors (Lipinski definition) is 10. The van der Waals surface area contributed by atoms with Gasteiger partial charge in [0.25, 0.3) is 5.56 Å². The van der Waals surface area contributed by atoms with Crippen molar-refractivity contribution in [2.45, 2.75) is 45.8 Å². The van der Waals surface area contributed by atoms with Crippen LogP contribution in [0.25, 0.3) is 11.1 Å². The Bertz CT molecular complexity index is 1740. The van der Waals surface area contributed by atoms with Crippen LogP contribution in [0.3, 0.4) is 0 Å². The topological polar surface area (TPSA) is 144 Å². The van der Waals surface area contributed by atoms with Crippen molar-refractivity contribution in [2.75, 3.05) is 11.9 Å². The first-order valence-electron chi connectivity index (χ1n) is 13.4. The van der Waals surface area contributed by atoms with E-state index in [4.69, 9.17) is 4.52 Å².